The lowest BCUT2D eigenvalue weighted by atomic mass is 10.0. The fourth-order valence-corrected chi connectivity index (χ4v) is 6.67. The van der Waals surface area contributed by atoms with Gasteiger partial charge in [-0.25, -0.2) is 12.8 Å². The molecule has 0 aromatic heterocycles. The van der Waals surface area contributed by atoms with E-state index in [4.69, 9.17) is 9.47 Å². The number of amides is 2. The highest BCUT2D eigenvalue weighted by Crippen LogP contribution is 2.35. The van der Waals surface area contributed by atoms with E-state index >= 15 is 0 Å². The van der Waals surface area contributed by atoms with E-state index in [1.165, 1.54) is 24.0 Å². The topological polar surface area (TPSA) is 105 Å². The van der Waals surface area contributed by atoms with Gasteiger partial charge in [-0.1, -0.05) is 55.3 Å². The SMILES string of the molecule is CCS(=O)(=O)N(CC(=O)N(Cc1ccc(F)cc1)[C@@H](Cc1ccccc1)C(=O)NC1CCCC1)c1ccc2c(c1)OCCO2. The number of halogens is 1. The minimum absolute atomic E-state index is 0.0122. The molecule has 0 spiro atoms. The fourth-order valence-electron chi connectivity index (χ4n) is 5.61. The van der Waals surface area contributed by atoms with Gasteiger partial charge in [0, 0.05) is 25.1 Å². The molecule has 5 rings (SSSR count). The minimum atomic E-state index is -3.93. The molecule has 3 aromatic carbocycles. The van der Waals surface area contributed by atoms with Crippen LogP contribution in [0.25, 0.3) is 0 Å². The summed E-state index contributed by atoms with van der Waals surface area (Å²) >= 11 is 0. The van der Waals surface area contributed by atoms with E-state index in [2.05, 4.69) is 5.32 Å². The Hall–Kier alpha value is -4.12. The van der Waals surface area contributed by atoms with Crippen LogP contribution in [0.5, 0.6) is 11.5 Å². The molecular formula is C33H38FN3O6S. The summed E-state index contributed by atoms with van der Waals surface area (Å²) in [7, 11) is -3.93. The van der Waals surface area contributed by atoms with Crippen molar-refractivity contribution in [1.29, 1.82) is 0 Å². The van der Waals surface area contributed by atoms with Crippen molar-refractivity contribution in [3.05, 3.63) is 89.7 Å². The molecule has 2 aliphatic rings. The Morgan fingerprint density at radius 3 is 2.30 bits per heavy atom. The molecule has 1 N–H and O–H groups in total. The number of rotatable bonds is 12. The number of sulfonamides is 1. The van der Waals surface area contributed by atoms with Crippen molar-refractivity contribution in [2.24, 2.45) is 0 Å². The van der Waals surface area contributed by atoms with Crippen LogP contribution in [0, 0.1) is 5.82 Å². The summed E-state index contributed by atoms with van der Waals surface area (Å²) in [5.41, 5.74) is 1.71. The van der Waals surface area contributed by atoms with Crippen molar-refractivity contribution in [3.63, 3.8) is 0 Å². The van der Waals surface area contributed by atoms with Crippen LogP contribution in [0.3, 0.4) is 0 Å². The Balaban J connectivity index is 1.51. The van der Waals surface area contributed by atoms with Gasteiger partial charge < -0.3 is 19.7 Å². The maximum atomic E-state index is 14.3. The van der Waals surface area contributed by atoms with Crippen LogP contribution in [0.1, 0.15) is 43.7 Å². The highest BCUT2D eigenvalue weighted by Gasteiger charge is 2.35. The fraction of sp³-hybridized carbons (Fsp3) is 0.394. The van der Waals surface area contributed by atoms with E-state index in [-0.39, 0.29) is 36.4 Å². The zero-order chi connectivity index (χ0) is 31.1. The minimum Gasteiger partial charge on any atom is -0.486 e. The maximum absolute atomic E-state index is 14.3. The predicted molar refractivity (Wildman–Crippen MR) is 166 cm³/mol. The molecule has 9 nitrogen and oxygen atoms in total. The maximum Gasteiger partial charge on any atom is 0.244 e. The number of benzene rings is 3. The summed E-state index contributed by atoms with van der Waals surface area (Å²) in [5, 5.41) is 3.13. The third-order valence-corrected chi connectivity index (χ3v) is 9.77. The third-order valence-electron chi connectivity index (χ3n) is 8.03. The van der Waals surface area contributed by atoms with Gasteiger partial charge in [-0.15, -0.1) is 0 Å². The lowest BCUT2D eigenvalue weighted by Crippen LogP contribution is -2.54. The number of anilines is 1. The van der Waals surface area contributed by atoms with Crippen molar-refractivity contribution in [1.82, 2.24) is 10.2 Å². The number of nitrogens with zero attached hydrogens (tertiary/aromatic N) is 2. The van der Waals surface area contributed by atoms with Crippen LogP contribution in [0.4, 0.5) is 10.1 Å². The molecular weight excluding hydrogens is 585 g/mol. The molecule has 44 heavy (non-hydrogen) atoms. The number of hydrogen-bond acceptors (Lipinski definition) is 6. The molecule has 0 saturated heterocycles. The molecule has 1 aliphatic heterocycles. The molecule has 1 heterocycles. The molecule has 0 bridgehead atoms. The molecule has 1 saturated carbocycles. The van der Waals surface area contributed by atoms with Crippen LogP contribution in [-0.4, -0.2) is 62.7 Å². The molecule has 0 radical (unpaired) electrons. The second kappa shape index (κ2) is 14.1. The lowest BCUT2D eigenvalue weighted by molar-refractivity contribution is -0.140. The van der Waals surface area contributed by atoms with Crippen molar-refractivity contribution < 1.29 is 31.9 Å². The second-order valence-electron chi connectivity index (χ2n) is 11.1. The van der Waals surface area contributed by atoms with Crippen LogP contribution in [0.15, 0.2) is 72.8 Å². The van der Waals surface area contributed by atoms with Crippen LogP contribution in [-0.2, 0) is 32.6 Å². The van der Waals surface area contributed by atoms with Gasteiger partial charge in [-0.2, -0.15) is 0 Å². The van der Waals surface area contributed by atoms with Crippen LogP contribution < -0.4 is 19.1 Å². The quantitative estimate of drug-likeness (QED) is 0.320. The molecule has 11 heteroatoms. The summed E-state index contributed by atoms with van der Waals surface area (Å²) < 4.78 is 52.9. The Labute approximate surface area is 258 Å². The van der Waals surface area contributed by atoms with Crippen molar-refractivity contribution in [2.45, 2.75) is 57.7 Å². The van der Waals surface area contributed by atoms with E-state index < -0.39 is 34.3 Å². The Morgan fingerprint density at radius 2 is 1.61 bits per heavy atom. The standard InChI is InChI=1S/C33H38FN3O6S/c1-2-44(40,41)37(28-16-17-30-31(21-28)43-19-18-42-30)23-32(38)36(22-25-12-14-26(34)15-13-25)29(20-24-8-4-3-5-9-24)33(39)35-27-10-6-7-11-27/h3-5,8-9,12-17,21,27,29H,2,6-7,10-11,18-20,22-23H2,1H3,(H,35,39)/t29-/m0/s1. The van der Waals surface area contributed by atoms with E-state index in [1.807, 2.05) is 30.3 Å². The Morgan fingerprint density at radius 1 is 0.932 bits per heavy atom. The molecule has 3 aromatic rings. The predicted octanol–water partition coefficient (Wildman–Crippen LogP) is 4.45. The first kappa shape index (κ1) is 31.3. The lowest BCUT2D eigenvalue weighted by Gasteiger charge is -2.34. The van der Waals surface area contributed by atoms with Crippen LogP contribution in [0.2, 0.25) is 0 Å². The number of ether oxygens (including phenoxy) is 2. The average Bonchev–Trinajstić information content (AvgIpc) is 3.55. The third kappa shape index (κ3) is 7.68. The number of carbonyl (C=O) groups is 2. The number of hydrogen-bond donors (Lipinski definition) is 1. The van der Waals surface area contributed by atoms with Crippen molar-refractivity contribution in [2.75, 3.05) is 29.8 Å². The van der Waals surface area contributed by atoms with Gasteiger partial charge >= 0.3 is 0 Å². The molecule has 1 aliphatic carbocycles. The molecule has 0 unspecified atom stereocenters. The normalized spacial score (nSPS) is 15.4. The number of fused-ring (bicyclic) bond motifs is 1. The average molecular weight is 624 g/mol. The number of nitrogens with one attached hydrogen (secondary N) is 1. The van der Waals surface area contributed by atoms with E-state index in [9.17, 15) is 22.4 Å². The second-order valence-corrected chi connectivity index (χ2v) is 13.3. The van der Waals surface area contributed by atoms with Gasteiger partial charge in [0.05, 0.1) is 11.4 Å². The first-order chi connectivity index (χ1) is 21.2. The van der Waals surface area contributed by atoms with Gasteiger partial charge in [0.25, 0.3) is 0 Å². The first-order valence-corrected chi connectivity index (χ1v) is 16.6. The summed E-state index contributed by atoms with van der Waals surface area (Å²) in [5.74, 6) is -0.667. The zero-order valence-electron chi connectivity index (χ0n) is 24.8. The van der Waals surface area contributed by atoms with E-state index in [1.54, 1.807) is 30.3 Å². The number of carbonyl (C=O) groups excluding carboxylic acids is 2. The molecule has 234 valence electrons. The highest BCUT2D eigenvalue weighted by molar-refractivity contribution is 7.92. The molecule has 2 amide bonds. The summed E-state index contributed by atoms with van der Waals surface area (Å²) in [6.07, 6.45) is 3.99. The Bertz CT molecular complexity index is 1550. The molecule has 1 fully saturated rings. The van der Waals surface area contributed by atoms with Gasteiger partial charge in [0.1, 0.15) is 31.6 Å². The van der Waals surface area contributed by atoms with Gasteiger partial charge in [-0.05, 0) is 55.2 Å². The summed E-state index contributed by atoms with van der Waals surface area (Å²) in [4.78, 5) is 29.7. The molecule has 1 atom stereocenters. The van der Waals surface area contributed by atoms with Crippen LogP contribution >= 0.6 is 0 Å². The largest absolute Gasteiger partial charge is 0.486 e. The van der Waals surface area contributed by atoms with E-state index in [0.29, 0.717) is 30.3 Å². The van der Waals surface area contributed by atoms with Crippen molar-refractivity contribution in [3.8, 4) is 11.5 Å². The zero-order valence-corrected chi connectivity index (χ0v) is 25.6. The first-order valence-electron chi connectivity index (χ1n) is 15.0. The highest BCUT2D eigenvalue weighted by atomic mass is 32.2. The van der Waals surface area contributed by atoms with Gasteiger partial charge in [0.2, 0.25) is 21.8 Å². The summed E-state index contributed by atoms with van der Waals surface area (Å²) in [6, 6.07) is 18.9. The van der Waals surface area contributed by atoms with E-state index in [0.717, 1.165) is 35.6 Å². The smallest absolute Gasteiger partial charge is 0.244 e. The Kier molecular flexibility index (Phi) is 10.0. The van der Waals surface area contributed by atoms with Gasteiger partial charge in [-0.3, -0.25) is 13.9 Å². The van der Waals surface area contributed by atoms with Gasteiger partial charge in [0.15, 0.2) is 11.5 Å². The van der Waals surface area contributed by atoms with Crippen molar-refractivity contribution >= 4 is 27.5 Å². The monoisotopic (exact) mass is 623 g/mol. The summed E-state index contributed by atoms with van der Waals surface area (Å²) in [6.45, 7) is 1.65.